The molecular formula is C12H14Cl2N2O3. The summed E-state index contributed by atoms with van der Waals surface area (Å²) in [6.07, 6.45) is 0. The second kappa shape index (κ2) is 6.23. The number of aliphatic hydroxyl groups excluding tert-OH is 1. The summed E-state index contributed by atoms with van der Waals surface area (Å²) < 4.78 is 0. The summed E-state index contributed by atoms with van der Waals surface area (Å²) in [5.41, 5.74) is -0.556. The van der Waals surface area contributed by atoms with Gasteiger partial charge >= 0.3 is 11.8 Å². The highest BCUT2D eigenvalue weighted by molar-refractivity contribution is 6.40. The van der Waals surface area contributed by atoms with Gasteiger partial charge in [-0.05, 0) is 32.0 Å². The fourth-order valence-electron chi connectivity index (χ4n) is 1.22. The monoisotopic (exact) mass is 304 g/mol. The number of rotatable bonds is 3. The molecule has 0 spiro atoms. The molecule has 0 aliphatic rings. The van der Waals surface area contributed by atoms with Crippen LogP contribution in [0.4, 0.5) is 5.69 Å². The van der Waals surface area contributed by atoms with Crippen molar-refractivity contribution in [1.82, 2.24) is 5.32 Å². The molecule has 1 rings (SSSR count). The lowest BCUT2D eigenvalue weighted by Gasteiger charge is -2.22. The number of carbonyl (C=O) groups is 2. The number of hydrogen-bond acceptors (Lipinski definition) is 3. The third-order valence-corrected chi connectivity index (χ3v) is 2.61. The van der Waals surface area contributed by atoms with E-state index in [0.29, 0.717) is 15.7 Å². The molecule has 19 heavy (non-hydrogen) atoms. The van der Waals surface area contributed by atoms with Crippen LogP contribution in [0.15, 0.2) is 18.2 Å². The van der Waals surface area contributed by atoms with Crippen LogP contribution in [0.25, 0.3) is 0 Å². The van der Waals surface area contributed by atoms with Gasteiger partial charge in [0.05, 0.1) is 12.1 Å². The average molecular weight is 305 g/mol. The smallest absolute Gasteiger partial charge is 0.313 e. The Kier molecular flexibility index (Phi) is 5.17. The number of amides is 2. The molecule has 0 fully saturated rings. The van der Waals surface area contributed by atoms with Crippen molar-refractivity contribution < 1.29 is 14.7 Å². The largest absolute Gasteiger partial charge is 0.394 e. The Morgan fingerprint density at radius 3 is 2.16 bits per heavy atom. The average Bonchev–Trinajstić information content (AvgIpc) is 2.26. The minimum absolute atomic E-state index is 0.283. The van der Waals surface area contributed by atoms with Crippen LogP contribution in [0, 0.1) is 0 Å². The molecule has 7 heteroatoms. The maximum atomic E-state index is 11.6. The van der Waals surface area contributed by atoms with E-state index in [1.165, 1.54) is 18.2 Å². The quantitative estimate of drug-likeness (QED) is 0.745. The van der Waals surface area contributed by atoms with E-state index in [1.54, 1.807) is 13.8 Å². The summed E-state index contributed by atoms with van der Waals surface area (Å²) >= 11 is 11.5. The highest BCUT2D eigenvalue weighted by Gasteiger charge is 2.23. The lowest BCUT2D eigenvalue weighted by Crippen LogP contribution is -2.50. The van der Waals surface area contributed by atoms with E-state index < -0.39 is 17.4 Å². The molecule has 3 N–H and O–H groups in total. The molecule has 2 amide bonds. The van der Waals surface area contributed by atoms with Gasteiger partial charge in [-0.1, -0.05) is 23.2 Å². The standard InChI is InChI=1S/C12H14Cl2N2O3/c1-12(2,6-17)16-11(19)10(18)15-9-4-7(13)3-8(14)5-9/h3-5,17H,6H2,1-2H3,(H,15,18)(H,16,19). The summed E-state index contributed by atoms with van der Waals surface area (Å²) in [4.78, 5) is 23.2. The molecule has 0 aromatic heterocycles. The molecule has 0 aliphatic heterocycles. The normalized spacial score (nSPS) is 11.0. The summed E-state index contributed by atoms with van der Waals surface area (Å²) in [5, 5.41) is 14.5. The first-order chi connectivity index (χ1) is 8.73. The first-order valence-electron chi connectivity index (χ1n) is 5.44. The zero-order valence-electron chi connectivity index (χ0n) is 10.5. The minimum Gasteiger partial charge on any atom is -0.394 e. The van der Waals surface area contributed by atoms with Crippen LogP contribution in [0.5, 0.6) is 0 Å². The first-order valence-corrected chi connectivity index (χ1v) is 6.19. The van der Waals surface area contributed by atoms with Crippen molar-refractivity contribution in [2.45, 2.75) is 19.4 Å². The first kappa shape index (κ1) is 15.8. The Morgan fingerprint density at radius 1 is 1.16 bits per heavy atom. The molecule has 1 aromatic rings. The lowest BCUT2D eigenvalue weighted by molar-refractivity contribution is -0.137. The molecule has 0 aliphatic carbocycles. The van der Waals surface area contributed by atoms with E-state index in [1.807, 2.05) is 0 Å². The van der Waals surface area contributed by atoms with Crippen molar-refractivity contribution in [3.8, 4) is 0 Å². The van der Waals surface area contributed by atoms with Crippen molar-refractivity contribution in [2.75, 3.05) is 11.9 Å². The van der Waals surface area contributed by atoms with Crippen molar-refractivity contribution in [2.24, 2.45) is 0 Å². The van der Waals surface area contributed by atoms with Gasteiger partial charge in [0.25, 0.3) is 0 Å². The van der Waals surface area contributed by atoms with Crippen LogP contribution in [0.3, 0.4) is 0 Å². The van der Waals surface area contributed by atoms with Gasteiger partial charge in [0.15, 0.2) is 0 Å². The topological polar surface area (TPSA) is 78.4 Å². The van der Waals surface area contributed by atoms with Gasteiger partial charge in [0.1, 0.15) is 0 Å². The molecule has 5 nitrogen and oxygen atoms in total. The maximum Gasteiger partial charge on any atom is 0.313 e. The molecule has 0 heterocycles. The second-order valence-electron chi connectivity index (χ2n) is 4.61. The van der Waals surface area contributed by atoms with Gasteiger partial charge in [-0.15, -0.1) is 0 Å². The van der Waals surface area contributed by atoms with E-state index in [9.17, 15) is 9.59 Å². The predicted octanol–water partition coefficient (Wildman–Crippen LogP) is 1.82. The van der Waals surface area contributed by atoms with Gasteiger partial charge in [-0.25, -0.2) is 0 Å². The van der Waals surface area contributed by atoms with Crippen LogP contribution >= 0.6 is 23.2 Å². The van der Waals surface area contributed by atoms with E-state index in [0.717, 1.165) is 0 Å². The lowest BCUT2D eigenvalue weighted by atomic mass is 10.1. The van der Waals surface area contributed by atoms with Crippen molar-refractivity contribution in [3.05, 3.63) is 28.2 Å². The Labute approximate surface area is 120 Å². The number of anilines is 1. The van der Waals surface area contributed by atoms with Gasteiger partial charge in [-0.2, -0.15) is 0 Å². The van der Waals surface area contributed by atoms with Gasteiger partial charge in [0.2, 0.25) is 0 Å². The van der Waals surface area contributed by atoms with Crippen LogP contribution in [-0.2, 0) is 9.59 Å². The molecule has 0 bridgehead atoms. The highest BCUT2D eigenvalue weighted by Crippen LogP contribution is 2.22. The van der Waals surface area contributed by atoms with Crippen LogP contribution in [0.2, 0.25) is 10.0 Å². The number of carbonyl (C=O) groups excluding carboxylic acids is 2. The zero-order chi connectivity index (χ0) is 14.6. The molecule has 0 saturated carbocycles. The molecule has 0 atom stereocenters. The van der Waals surface area contributed by atoms with Crippen molar-refractivity contribution >= 4 is 40.7 Å². The van der Waals surface area contributed by atoms with Crippen LogP contribution < -0.4 is 10.6 Å². The second-order valence-corrected chi connectivity index (χ2v) is 5.48. The Hall–Kier alpha value is -1.30. The minimum atomic E-state index is -0.875. The van der Waals surface area contributed by atoms with E-state index in [-0.39, 0.29) is 6.61 Å². The number of nitrogens with one attached hydrogen (secondary N) is 2. The van der Waals surface area contributed by atoms with E-state index >= 15 is 0 Å². The summed E-state index contributed by atoms with van der Waals surface area (Å²) in [6, 6.07) is 4.44. The summed E-state index contributed by atoms with van der Waals surface area (Å²) in [7, 11) is 0. The Morgan fingerprint density at radius 2 is 1.68 bits per heavy atom. The fourth-order valence-corrected chi connectivity index (χ4v) is 1.74. The highest BCUT2D eigenvalue weighted by atomic mass is 35.5. The van der Waals surface area contributed by atoms with Crippen LogP contribution in [-0.4, -0.2) is 29.1 Å². The third-order valence-electron chi connectivity index (χ3n) is 2.17. The number of benzene rings is 1. The fraction of sp³-hybridized carbons (Fsp3) is 0.333. The Balaban J connectivity index is 2.72. The predicted molar refractivity (Wildman–Crippen MR) is 74.4 cm³/mol. The molecule has 0 radical (unpaired) electrons. The molecule has 0 saturated heterocycles. The molecule has 1 aromatic carbocycles. The Bertz CT molecular complexity index is 483. The third kappa shape index (κ3) is 5.06. The van der Waals surface area contributed by atoms with Gasteiger partial charge in [-0.3, -0.25) is 9.59 Å². The summed E-state index contributed by atoms with van der Waals surface area (Å²) in [6.45, 7) is 2.90. The van der Waals surface area contributed by atoms with Gasteiger partial charge in [0, 0.05) is 15.7 Å². The molecular weight excluding hydrogens is 291 g/mol. The molecule has 104 valence electrons. The van der Waals surface area contributed by atoms with Gasteiger partial charge < -0.3 is 15.7 Å². The molecule has 0 unspecified atom stereocenters. The van der Waals surface area contributed by atoms with Crippen molar-refractivity contribution in [1.29, 1.82) is 0 Å². The van der Waals surface area contributed by atoms with Crippen LogP contribution in [0.1, 0.15) is 13.8 Å². The van der Waals surface area contributed by atoms with E-state index in [2.05, 4.69) is 10.6 Å². The number of hydrogen-bond donors (Lipinski definition) is 3. The van der Waals surface area contributed by atoms with E-state index in [4.69, 9.17) is 28.3 Å². The maximum absolute atomic E-state index is 11.6. The van der Waals surface area contributed by atoms with Crippen molar-refractivity contribution in [3.63, 3.8) is 0 Å². The number of aliphatic hydroxyl groups is 1. The SMILES string of the molecule is CC(C)(CO)NC(=O)C(=O)Nc1cc(Cl)cc(Cl)c1. The summed E-state index contributed by atoms with van der Waals surface area (Å²) in [5.74, 6) is -1.71. The number of halogens is 2. The zero-order valence-corrected chi connectivity index (χ0v) is 12.0.